The molecule has 1 aromatic carbocycles. The van der Waals surface area contributed by atoms with Crippen molar-refractivity contribution >= 4 is 11.6 Å². The fourth-order valence-electron chi connectivity index (χ4n) is 2.22. The first-order valence-electron chi connectivity index (χ1n) is 6.61. The lowest BCUT2D eigenvalue weighted by Gasteiger charge is -2.14. The second-order valence-electron chi connectivity index (χ2n) is 4.80. The maximum Gasteiger partial charge on any atom is 0.329 e. The minimum atomic E-state index is -0.458. The molecule has 0 saturated carbocycles. The molecule has 2 aromatic rings. The highest BCUT2D eigenvalue weighted by Gasteiger charge is 2.14. The lowest BCUT2D eigenvalue weighted by atomic mass is 10.0. The predicted octanol–water partition coefficient (Wildman–Crippen LogP) is 2.56. The summed E-state index contributed by atoms with van der Waals surface area (Å²) in [7, 11) is 0. The number of nitrogens with one attached hydrogen (secondary N) is 1. The molecule has 0 aliphatic carbocycles. The maximum atomic E-state index is 12.3. The molecule has 1 unspecified atom stereocenters. The molecule has 5 heteroatoms. The topological polar surface area (TPSA) is 54.9 Å². The summed E-state index contributed by atoms with van der Waals surface area (Å²) in [6, 6.07) is 9.80. The van der Waals surface area contributed by atoms with Crippen LogP contribution in [0.5, 0.6) is 0 Å². The van der Waals surface area contributed by atoms with Gasteiger partial charge in [0.05, 0.1) is 5.56 Å². The van der Waals surface area contributed by atoms with Crippen molar-refractivity contribution in [3.05, 3.63) is 67.4 Å². The van der Waals surface area contributed by atoms with Crippen molar-refractivity contribution in [1.82, 2.24) is 9.55 Å². The minimum Gasteiger partial charge on any atom is -0.297 e. The summed E-state index contributed by atoms with van der Waals surface area (Å²) < 4.78 is 1.22. The molecule has 20 heavy (non-hydrogen) atoms. The number of aromatic nitrogens is 2. The Balaban J connectivity index is 2.40. The Morgan fingerprint density at radius 2 is 1.90 bits per heavy atom. The monoisotopic (exact) mass is 292 g/mol. The number of halogens is 1. The predicted molar refractivity (Wildman–Crippen MR) is 80.6 cm³/mol. The molecule has 0 fully saturated rings. The maximum absolute atomic E-state index is 12.3. The number of nitrogens with zero attached hydrogens (tertiary/aromatic N) is 1. The molecular weight excluding hydrogens is 276 g/mol. The highest BCUT2D eigenvalue weighted by Crippen LogP contribution is 2.15. The summed E-state index contributed by atoms with van der Waals surface area (Å²) in [5.41, 5.74) is 0.780. The molecule has 0 saturated heterocycles. The Kier molecular flexibility index (Phi) is 4.45. The second-order valence-corrected chi connectivity index (χ2v) is 5.18. The van der Waals surface area contributed by atoms with E-state index in [1.165, 1.54) is 4.57 Å². The number of rotatable bonds is 4. The molecule has 0 aliphatic rings. The fraction of sp³-hybridized carbons (Fsp3) is 0.333. The van der Waals surface area contributed by atoms with E-state index >= 15 is 0 Å². The van der Waals surface area contributed by atoms with Gasteiger partial charge >= 0.3 is 5.69 Å². The molecule has 106 valence electrons. The highest BCUT2D eigenvalue weighted by atomic mass is 35.5. The smallest absolute Gasteiger partial charge is 0.297 e. The third-order valence-electron chi connectivity index (χ3n) is 3.41. The van der Waals surface area contributed by atoms with Crippen molar-refractivity contribution in [2.45, 2.75) is 32.7 Å². The van der Waals surface area contributed by atoms with Gasteiger partial charge in [-0.3, -0.25) is 14.3 Å². The van der Waals surface area contributed by atoms with Gasteiger partial charge < -0.3 is 0 Å². The Morgan fingerprint density at radius 1 is 1.25 bits per heavy atom. The summed E-state index contributed by atoms with van der Waals surface area (Å²) in [4.78, 5) is 26.7. The molecule has 0 aliphatic heterocycles. The zero-order chi connectivity index (χ0) is 14.7. The number of aromatic amines is 1. The Labute approximate surface area is 122 Å². The van der Waals surface area contributed by atoms with Gasteiger partial charge in [-0.1, -0.05) is 55.8 Å². The van der Waals surface area contributed by atoms with Crippen LogP contribution < -0.4 is 11.2 Å². The van der Waals surface area contributed by atoms with Crippen LogP contribution in [0.4, 0.5) is 0 Å². The molecule has 1 heterocycles. The SMILES string of the molecule is CCc1c(Cl)[nH]c(=O)n(CC(C)c2ccccc2)c1=O. The van der Waals surface area contributed by atoms with E-state index in [4.69, 9.17) is 11.6 Å². The van der Waals surface area contributed by atoms with Gasteiger partial charge in [-0.2, -0.15) is 0 Å². The van der Waals surface area contributed by atoms with E-state index in [9.17, 15) is 9.59 Å². The van der Waals surface area contributed by atoms with E-state index in [-0.39, 0.29) is 16.6 Å². The van der Waals surface area contributed by atoms with Gasteiger partial charge in [-0.25, -0.2) is 4.79 Å². The van der Waals surface area contributed by atoms with Crippen LogP contribution >= 0.6 is 11.6 Å². The summed E-state index contributed by atoms with van der Waals surface area (Å²) in [5, 5.41) is 0.145. The van der Waals surface area contributed by atoms with Crippen molar-refractivity contribution in [3.8, 4) is 0 Å². The lowest BCUT2D eigenvalue weighted by Crippen LogP contribution is -2.38. The van der Waals surface area contributed by atoms with Crippen LogP contribution in [-0.2, 0) is 13.0 Å². The van der Waals surface area contributed by atoms with Gasteiger partial charge in [-0.15, -0.1) is 0 Å². The molecule has 4 nitrogen and oxygen atoms in total. The van der Waals surface area contributed by atoms with Gasteiger partial charge in [0, 0.05) is 6.54 Å². The lowest BCUT2D eigenvalue weighted by molar-refractivity contribution is 0.549. The van der Waals surface area contributed by atoms with Crippen LogP contribution in [0.1, 0.15) is 30.9 Å². The van der Waals surface area contributed by atoms with Gasteiger partial charge in [0.25, 0.3) is 5.56 Å². The summed E-state index contributed by atoms with van der Waals surface area (Å²) in [6.45, 7) is 4.16. The molecule has 2 rings (SSSR count). The zero-order valence-corrected chi connectivity index (χ0v) is 12.3. The van der Waals surface area contributed by atoms with E-state index in [1.807, 2.05) is 44.2 Å². The molecule has 1 aromatic heterocycles. The van der Waals surface area contributed by atoms with Gasteiger partial charge in [0.15, 0.2) is 0 Å². The molecular formula is C15H17ClN2O2. The third-order valence-corrected chi connectivity index (χ3v) is 3.73. The van der Waals surface area contributed by atoms with Crippen molar-refractivity contribution in [2.75, 3.05) is 0 Å². The zero-order valence-electron chi connectivity index (χ0n) is 11.5. The van der Waals surface area contributed by atoms with Crippen LogP contribution in [-0.4, -0.2) is 9.55 Å². The van der Waals surface area contributed by atoms with Crippen molar-refractivity contribution < 1.29 is 0 Å². The van der Waals surface area contributed by atoms with Crippen molar-refractivity contribution in [3.63, 3.8) is 0 Å². The van der Waals surface area contributed by atoms with Crippen molar-refractivity contribution in [2.24, 2.45) is 0 Å². The third kappa shape index (κ3) is 2.85. The van der Waals surface area contributed by atoms with E-state index in [0.717, 1.165) is 5.56 Å². The van der Waals surface area contributed by atoms with E-state index < -0.39 is 5.69 Å². The Hall–Kier alpha value is -1.81. The Bertz CT molecular complexity index is 704. The second kappa shape index (κ2) is 6.09. The first kappa shape index (κ1) is 14.6. The molecule has 0 bridgehead atoms. The fourth-order valence-corrected chi connectivity index (χ4v) is 2.51. The van der Waals surface area contributed by atoms with Crippen LogP contribution in [0.3, 0.4) is 0 Å². The average molecular weight is 293 g/mol. The van der Waals surface area contributed by atoms with E-state index in [0.29, 0.717) is 18.5 Å². The molecule has 0 spiro atoms. The van der Waals surface area contributed by atoms with E-state index in [1.54, 1.807) is 0 Å². The summed E-state index contributed by atoms with van der Waals surface area (Å²) in [5.74, 6) is 0.0703. The van der Waals surface area contributed by atoms with Gasteiger partial charge in [0.1, 0.15) is 5.15 Å². The Morgan fingerprint density at radius 3 is 2.50 bits per heavy atom. The number of benzene rings is 1. The molecule has 1 N–H and O–H groups in total. The molecule has 0 radical (unpaired) electrons. The van der Waals surface area contributed by atoms with Gasteiger partial charge in [0.2, 0.25) is 0 Å². The summed E-state index contributed by atoms with van der Waals surface area (Å²) >= 11 is 5.89. The number of hydrogen-bond donors (Lipinski definition) is 1. The normalized spacial score (nSPS) is 12.3. The van der Waals surface area contributed by atoms with Gasteiger partial charge in [-0.05, 0) is 17.9 Å². The van der Waals surface area contributed by atoms with Crippen molar-refractivity contribution in [1.29, 1.82) is 0 Å². The number of H-pyrrole nitrogens is 1. The standard InChI is InChI=1S/C15H17ClN2O2/c1-3-12-13(16)17-15(20)18(14(12)19)9-10(2)11-7-5-4-6-8-11/h4-8,10H,3,9H2,1-2H3,(H,17,20). The minimum absolute atomic E-state index is 0.0703. The quantitative estimate of drug-likeness (QED) is 0.881. The first-order chi connectivity index (χ1) is 9.54. The molecule has 0 amide bonds. The molecule has 1 atom stereocenters. The van der Waals surface area contributed by atoms with Crippen LogP contribution in [0, 0.1) is 0 Å². The van der Waals surface area contributed by atoms with Crippen LogP contribution in [0.2, 0.25) is 5.15 Å². The van der Waals surface area contributed by atoms with Crippen LogP contribution in [0.25, 0.3) is 0 Å². The largest absolute Gasteiger partial charge is 0.329 e. The summed E-state index contributed by atoms with van der Waals surface area (Å²) in [6.07, 6.45) is 0.494. The number of hydrogen-bond acceptors (Lipinski definition) is 2. The van der Waals surface area contributed by atoms with E-state index in [2.05, 4.69) is 4.98 Å². The highest BCUT2D eigenvalue weighted by molar-refractivity contribution is 6.30. The first-order valence-corrected chi connectivity index (χ1v) is 6.98. The average Bonchev–Trinajstić information content (AvgIpc) is 2.44. The van der Waals surface area contributed by atoms with Crippen LogP contribution in [0.15, 0.2) is 39.9 Å².